The number of benzene rings is 2. The third-order valence-corrected chi connectivity index (χ3v) is 6.17. The molecule has 186 valence electrons. The molecule has 3 aromatic rings. The van der Waals surface area contributed by atoms with Crippen LogP contribution in [-0.4, -0.2) is 34.4 Å². The number of carbonyl (C=O) groups is 1. The lowest BCUT2D eigenvalue weighted by Crippen LogP contribution is -2.37. The molecule has 1 saturated carbocycles. The molecule has 0 unspecified atom stereocenters. The molecule has 0 saturated heterocycles. The Kier molecular flexibility index (Phi) is 7.63. The molecule has 1 aliphatic rings. The van der Waals surface area contributed by atoms with Gasteiger partial charge in [-0.3, -0.25) is 0 Å². The fourth-order valence-electron chi connectivity index (χ4n) is 4.04. The van der Waals surface area contributed by atoms with E-state index in [1.807, 2.05) is 31.2 Å². The van der Waals surface area contributed by atoms with Gasteiger partial charge in [0.15, 0.2) is 5.60 Å². The summed E-state index contributed by atoms with van der Waals surface area (Å²) in [7, 11) is 0. The molecular weight excluding hydrogens is 446 g/mol. The van der Waals surface area contributed by atoms with Crippen LogP contribution in [0.4, 0.5) is 0 Å². The minimum atomic E-state index is -1.30. The van der Waals surface area contributed by atoms with Gasteiger partial charge in [-0.25, -0.2) is 9.78 Å². The van der Waals surface area contributed by atoms with E-state index in [1.54, 1.807) is 24.3 Å². The molecule has 2 aromatic carbocycles. The number of ether oxygens (including phenoxy) is 3. The van der Waals surface area contributed by atoms with Crippen LogP contribution in [-0.2, 0) is 11.2 Å². The van der Waals surface area contributed by atoms with Crippen molar-refractivity contribution in [3.63, 3.8) is 0 Å². The Bertz CT molecular complexity index is 1110. The van der Waals surface area contributed by atoms with E-state index < -0.39 is 11.6 Å². The molecule has 0 aliphatic heterocycles. The number of carboxylic acid groups (broad SMARTS) is 1. The van der Waals surface area contributed by atoms with Crippen LogP contribution in [0.5, 0.6) is 17.2 Å². The van der Waals surface area contributed by atoms with Crippen molar-refractivity contribution in [3.05, 3.63) is 60.0 Å². The molecule has 7 heteroatoms. The van der Waals surface area contributed by atoms with E-state index >= 15 is 0 Å². The summed E-state index contributed by atoms with van der Waals surface area (Å²) in [5.41, 5.74) is 0.467. The van der Waals surface area contributed by atoms with Crippen molar-refractivity contribution in [3.8, 4) is 28.7 Å². The first kappa shape index (κ1) is 24.6. The first-order valence-electron chi connectivity index (χ1n) is 12.2. The van der Waals surface area contributed by atoms with Gasteiger partial charge in [0.2, 0.25) is 5.89 Å². The molecule has 0 amide bonds. The first-order chi connectivity index (χ1) is 16.8. The highest BCUT2D eigenvalue weighted by atomic mass is 16.5. The molecule has 1 fully saturated rings. The lowest BCUT2D eigenvalue weighted by Gasteiger charge is -2.22. The molecule has 4 rings (SSSR count). The van der Waals surface area contributed by atoms with E-state index in [4.69, 9.17) is 18.6 Å². The summed E-state index contributed by atoms with van der Waals surface area (Å²) >= 11 is 0. The second-order valence-electron chi connectivity index (χ2n) is 9.41. The van der Waals surface area contributed by atoms with E-state index in [0.717, 1.165) is 35.6 Å². The van der Waals surface area contributed by atoms with Crippen molar-refractivity contribution in [2.75, 3.05) is 6.61 Å². The van der Waals surface area contributed by atoms with Crippen molar-refractivity contribution >= 4 is 5.97 Å². The summed E-state index contributed by atoms with van der Waals surface area (Å²) in [5.74, 6) is 2.36. The average Bonchev–Trinajstić information content (AvgIpc) is 3.21. The van der Waals surface area contributed by atoms with Crippen LogP contribution in [0.1, 0.15) is 57.4 Å². The molecule has 1 heterocycles. The van der Waals surface area contributed by atoms with Gasteiger partial charge in [0.05, 0.1) is 18.4 Å². The largest absolute Gasteiger partial charge is 0.493 e. The van der Waals surface area contributed by atoms with Gasteiger partial charge in [-0.2, -0.15) is 0 Å². The highest BCUT2D eigenvalue weighted by Crippen LogP contribution is 2.28. The monoisotopic (exact) mass is 479 g/mol. The molecule has 0 bridgehead atoms. The van der Waals surface area contributed by atoms with E-state index in [0.29, 0.717) is 36.5 Å². The standard InChI is InChI=1S/C28H33NO6/c1-19-25(17-18-32-21-13-15-24(16-14-21)35-28(2,3)27(30)31)29-26(33-19)20-9-11-23(12-10-20)34-22-7-5-4-6-8-22/h9-16,22H,4-8,17-18H2,1-3H3,(H,30,31). The molecule has 0 spiro atoms. The second-order valence-corrected chi connectivity index (χ2v) is 9.41. The maximum atomic E-state index is 11.2. The zero-order valence-corrected chi connectivity index (χ0v) is 20.6. The fraction of sp³-hybridized carbons (Fsp3) is 0.429. The quantitative estimate of drug-likeness (QED) is 0.369. The Hall–Kier alpha value is -3.48. The maximum Gasteiger partial charge on any atom is 0.347 e. The van der Waals surface area contributed by atoms with Gasteiger partial charge in [-0.1, -0.05) is 6.42 Å². The second kappa shape index (κ2) is 10.8. The fourth-order valence-corrected chi connectivity index (χ4v) is 4.04. The molecule has 0 atom stereocenters. The van der Waals surface area contributed by atoms with E-state index in [-0.39, 0.29) is 0 Å². The van der Waals surface area contributed by atoms with Crippen LogP contribution in [0.3, 0.4) is 0 Å². The first-order valence-corrected chi connectivity index (χ1v) is 12.2. The number of aliphatic carboxylic acids is 1. The SMILES string of the molecule is Cc1oc(-c2ccc(OC3CCCCC3)cc2)nc1CCOc1ccc(OC(C)(C)C(=O)O)cc1. The number of rotatable bonds is 10. The third-order valence-electron chi connectivity index (χ3n) is 6.17. The van der Waals surface area contributed by atoms with Gasteiger partial charge in [0.25, 0.3) is 0 Å². The van der Waals surface area contributed by atoms with Gasteiger partial charge in [0.1, 0.15) is 23.0 Å². The van der Waals surface area contributed by atoms with Crippen LogP contribution in [0, 0.1) is 6.92 Å². The van der Waals surface area contributed by atoms with Crippen molar-refractivity contribution in [2.45, 2.75) is 71.0 Å². The summed E-state index contributed by atoms with van der Waals surface area (Å²) in [5, 5.41) is 9.18. The van der Waals surface area contributed by atoms with E-state index in [2.05, 4.69) is 4.98 Å². The summed E-state index contributed by atoms with van der Waals surface area (Å²) in [6.45, 7) is 5.35. The van der Waals surface area contributed by atoms with Crippen LogP contribution < -0.4 is 14.2 Å². The zero-order valence-electron chi connectivity index (χ0n) is 20.6. The zero-order chi connectivity index (χ0) is 24.8. The Morgan fingerprint density at radius 2 is 1.63 bits per heavy atom. The highest BCUT2D eigenvalue weighted by Gasteiger charge is 2.29. The molecule has 1 N–H and O–H groups in total. The van der Waals surface area contributed by atoms with Crippen molar-refractivity contribution < 1.29 is 28.5 Å². The molecule has 7 nitrogen and oxygen atoms in total. The lowest BCUT2D eigenvalue weighted by molar-refractivity contribution is -0.152. The molecule has 1 aromatic heterocycles. The molecule has 0 radical (unpaired) electrons. The van der Waals surface area contributed by atoms with Gasteiger partial charge >= 0.3 is 5.97 Å². The summed E-state index contributed by atoms with van der Waals surface area (Å²) in [6.07, 6.45) is 6.99. The Morgan fingerprint density at radius 3 is 2.29 bits per heavy atom. The number of aryl methyl sites for hydroxylation is 1. The lowest BCUT2D eigenvalue weighted by atomic mass is 9.98. The van der Waals surface area contributed by atoms with Gasteiger partial charge in [0, 0.05) is 12.0 Å². The highest BCUT2D eigenvalue weighted by molar-refractivity contribution is 5.76. The molecule has 35 heavy (non-hydrogen) atoms. The Balaban J connectivity index is 1.29. The normalized spacial score (nSPS) is 14.5. The van der Waals surface area contributed by atoms with Crippen LogP contribution in [0.15, 0.2) is 52.9 Å². The number of oxazole rings is 1. The van der Waals surface area contributed by atoms with Crippen molar-refractivity contribution in [1.29, 1.82) is 0 Å². The van der Waals surface area contributed by atoms with E-state index in [1.165, 1.54) is 33.1 Å². The maximum absolute atomic E-state index is 11.2. The number of hydrogen-bond donors (Lipinski definition) is 1. The third kappa shape index (κ3) is 6.56. The minimum absolute atomic E-state index is 0.325. The summed E-state index contributed by atoms with van der Waals surface area (Å²) in [4.78, 5) is 15.9. The summed E-state index contributed by atoms with van der Waals surface area (Å²) in [6, 6.07) is 14.8. The smallest absolute Gasteiger partial charge is 0.347 e. The van der Waals surface area contributed by atoms with Crippen molar-refractivity contribution in [1.82, 2.24) is 4.98 Å². The van der Waals surface area contributed by atoms with Gasteiger partial charge in [-0.15, -0.1) is 0 Å². The van der Waals surface area contributed by atoms with Crippen LogP contribution in [0.25, 0.3) is 11.5 Å². The van der Waals surface area contributed by atoms with E-state index in [9.17, 15) is 9.90 Å². The van der Waals surface area contributed by atoms with Crippen molar-refractivity contribution in [2.24, 2.45) is 0 Å². The van der Waals surface area contributed by atoms with Crippen LogP contribution >= 0.6 is 0 Å². The number of carboxylic acids is 1. The number of aromatic nitrogens is 1. The number of nitrogens with zero attached hydrogens (tertiary/aromatic N) is 1. The topological polar surface area (TPSA) is 91.0 Å². The molecular formula is C28H33NO6. The number of hydrogen-bond acceptors (Lipinski definition) is 6. The van der Waals surface area contributed by atoms with Crippen LogP contribution in [0.2, 0.25) is 0 Å². The Labute approximate surface area is 206 Å². The average molecular weight is 480 g/mol. The predicted octanol–water partition coefficient (Wildman–Crippen LogP) is 6.23. The van der Waals surface area contributed by atoms with Gasteiger partial charge < -0.3 is 23.7 Å². The minimum Gasteiger partial charge on any atom is -0.493 e. The summed E-state index contributed by atoms with van der Waals surface area (Å²) < 4.78 is 23.4. The Morgan fingerprint density at radius 1 is 1.00 bits per heavy atom. The molecule has 1 aliphatic carbocycles. The van der Waals surface area contributed by atoms with Gasteiger partial charge in [-0.05, 0) is 95.0 Å². The predicted molar refractivity (Wildman–Crippen MR) is 132 cm³/mol.